The molecule has 0 saturated heterocycles. The molecular weight excluding hydrogens is 136 g/mol. The topological polar surface area (TPSA) is 17.1 Å². The van der Waals surface area contributed by atoms with E-state index in [-0.39, 0.29) is 11.3 Å². The van der Waals surface area contributed by atoms with Crippen LogP contribution in [0.3, 0.4) is 0 Å². The van der Waals surface area contributed by atoms with E-state index in [1.807, 2.05) is 0 Å². The summed E-state index contributed by atoms with van der Waals surface area (Å²) in [5.41, 5.74) is 2.03. The van der Waals surface area contributed by atoms with Crippen LogP contribution in [0.5, 0.6) is 0 Å². The summed E-state index contributed by atoms with van der Waals surface area (Å²) in [5, 5.41) is 0. The molecule has 1 atom stereocenters. The number of hydrogen-bond acceptors (Lipinski definition) is 1. The van der Waals surface area contributed by atoms with Crippen LogP contribution in [0.1, 0.15) is 20.3 Å². The second-order valence-electron chi connectivity index (χ2n) is 3.83. The SMILES string of the molecule is C=C1C(=C)C(C)(C)CC1C=O. The van der Waals surface area contributed by atoms with Gasteiger partial charge in [-0.2, -0.15) is 0 Å². The van der Waals surface area contributed by atoms with Crippen LogP contribution >= 0.6 is 0 Å². The molecule has 0 aromatic rings. The molecule has 60 valence electrons. The van der Waals surface area contributed by atoms with Gasteiger partial charge in [0.1, 0.15) is 6.29 Å². The van der Waals surface area contributed by atoms with Crippen molar-refractivity contribution in [3.8, 4) is 0 Å². The Labute approximate surface area is 67.8 Å². The molecule has 1 heteroatoms. The molecule has 0 heterocycles. The molecule has 1 saturated carbocycles. The van der Waals surface area contributed by atoms with Crippen molar-refractivity contribution in [3.05, 3.63) is 24.3 Å². The maximum absolute atomic E-state index is 10.5. The minimum absolute atomic E-state index is 0.0116. The number of carbonyl (C=O) groups excluding carboxylic acids is 1. The van der Waals surface area contributed by atoms with E-state index >= 15 is 0 Å². The fraction of sp³-hybridized carbons (Fsp3) is 0.500. The lowest BCUT2D eigenvalue weighted by molar-refractivity contribution is -0.110. The molecule has 0 spiro atoms. The Morgan fingerprint density at radius 3 is 2.27 bits per heavy atom. The van der Waals surface area contributed by atoms with Crippen LogP contribution in [0.25, 0.3) is 0 Å². The second-order valence-corrected chi connectivity index (χ2v) is 3.83. The minimum Gasteiger partial charge on any atom is -0.303 e. The average molecular weight is 150 g/mol. The van der Waals surface area contributed by atoms with Crippen molar-refractivity contribution in [1.82, 2.24) is 0 Å². The number of hydrogen-bond donors (Lipinski definition) is 0. The van der Waals surface area contributed by atoms with Crippen LogP contribution in [-0.2, 0) is 4.79 Å². The first kappa shape index (κ1) is 8.25. The van der Waals surface area contributed by atoms with E-state index in [2.05, 4.69) is 27.0 Å². The van der Waals surface area contributed by atoms with Gasteiger partial charge in [-0.3, -0.25) is 0 Å². The van der Waals surface area contributed by atoms with Crippen LogP contribution in [0.15, 0.2) is 24.3 Å². The normalized spacial score (nSPS) is 29.1. The van der Waals surface area contributed by atoms with Crippen LogP contribution in [0.4, 0.5) is 0 Å². The van der Waals surface area contributed by atoms with Gasteiger partial charge < -0.3 is 4.79 Å². The third kappa shape index (κ3) is 1.15. The van der Waals surface area contributed by atoms with Crippen molar-refractivity contribution in [2.45, 2.75) is 20.3 Å². The summed E-state index contributed by atoms with van der Waals surface area (Å²) < 4.78 is 0. The zero-order chi connectivity index (χ0) is 8.65. The monoisotopic (exact) mass is 150 g/mol. The molecule has 0 aliphatic heterocycles. The Morgan fingerprint density at radius 1 is 1.55 bits per heavy atom. The average Bonchev–Trinajstić information content (AvgIpc) is 2.13. The van der Waals surface area contributed by atoms with Gasteiger partial charge >= 0.3 is 0 Å². The Bertz CT molecular complexity index is 223. The van der Waals surface area contributed by atoms with Crippen LogP contribution < -0.4 is 0 Å². The minimum atomic E-state index is 0.0116. The van der Waals surface area contributed by atoms with E-state index in [1.165, 1.54) is 0 Å². The molecular formula is C10H14O. The largest absolute Gasteiger partial charge is 0.303 e. The molecule has 0 aromatic carbocycles. The van der Waals surface area contributed by atoms with Crippen molar-refractivity contribution in [3.63, 3.8) is 0 Å². The standard InChI is InChI=1S/C10H14O/c1-7-8(2)10(3,4)5-9(7)6-11/h6,9H,1-2,5H2,3-4H3. The highest BCUT2D eigenvalue weighted by Gasteiger charge is 2.36. The van der Waals surface area contributed by atoms with E-state index in [1.54, 1.807) is 0 Å². The molecule has 1 fully saturated rings. The highest BCUT2D eigenvalue weighted by atomic mass is 16.1. The molecule has 1 rings (SSSR count). The van der Waals surface area contributed by atoms with Crippen molar-refractivity contribution < 1.29 is 4.79 Å². The molecule has 1 unspecified atom stereocenters. The Kier molecular flexibility index (Phi) is 1.75. The van der Waals surface area contributed by atoms with Gasteiger partial charge in [0.25, 0.3) is 0 Å². The molecule has 0 N–H and O–H groups in total. The van der Waals surface area contributed by atoms with E-state index in [0.29, 0.717) is 0 Å². The van der Waals surface area contributed by atoms with Gasteiger partial charge in [0.15, 0.2) is 0 Å². The zero-order valence-electron chi connectivity index (χ0n) is 7.18. The van der Waals surface area contributed by atoms with Crippen LogP contribution in [-0.4, -0.2) is 6.29 Å². The lowest BCUT2D eigenvalue weighted by atomic mass is 9.87. The highest BCUT2D eigenvalue weighted by Crippen LogP contribution is 2.46. The number of carbonyl (C=O) groups is 1. The van der Waals surface area contributed by atoms with E-state index in [0.717, 1.165) is 23.9 Å². The summed E-state index contributed by atoms with van der Waals surface area (Å²) in [4.78, 5) is 10.5. The summed E-state index contributed by atoms with van der Waals surface area (Å²) >= 11 is 0. The van der Waals surface area contributed by atoms with Crippen LogP contribution in [0.2, 0.25) is 0 Å². The van der Waals surface area contributed by atoms with Crippen molar-refractivity contribution in [1.29, 1.82) is 0 Å². The molecule has 0 aromatic heterocycles. The number of rotatable bonds is 1. The molecule has 1 aliphatic carbocycles. The Hall–Kier alpha value is -0.850. The fourth-order valence-electron chi connectivity index (χ4n) is 1.58. The van der Waals surface area contributed by atoms with Crippen molar-refractivity contribution >= 4 is 6.29 Å². The Balaban J connectivity index is 2.94. The van der Waals surface area contributed by atoms with E-state index in [4.69, 9.17) is 0 Å². The lowest BCUT2D eigenvalue weighted by Crippen LogP contribution is -2.07. The third-order valence-corrected chi connectivity index (χ3v) is 2.55. The first-order valence-corrected chi connectivity index (χ1v) is 3.83. The maximum Gasteiger partial charge on any atom is 0.127 e. The van der Waals surface area contributed by atoms with Gasteiger partial charge in [-0.05, 0) is 23.0 Å². The van der Waals surface area contributed by atoms with Gasteiger partial charge in [0.05, 0.1) is 0 Å². The zero-order valence-corrected chi connectivity index (χ0v) is 7.18. The molecule has 11 heavy (non-hydrogen) atoms. The lowest BCUT2D eigenvalue weighted by Gasteiger charge is -2.17. The summed E-state index contributed by atoms with van der Waals surface area (Å²) in [6, 6.07) is 0. The van der Waals surface area contributed by atoms with Gasteiger partial charge in [-0.1, -0.05) is 27.0 Å². The molecule has 1 aliphatic rings. The van der Waals surface area contributed by atoms with Gasteiger partial charge in [0.2, 0.25) is 0 Å². The smallest absolute Gasteiger partial charge is 0.127 e. The van der Waals surface area contributed by atoms with Crippen molar-refractivity contribution in [2.75, 3.05) is 0 Å². The van der Waals surface area contributed by atoms with E-state index < -0.39 is 0 Å². The van der Waals surface area contributed by atoms with E-state index in [9.17, 15) is 4.79 Å². The first-order valence-electron chi connectivity index (χ1n) is 3.83. The second kappa shape index (κ2) is 2.33. The molecule has 0 bridgehead atoms. The molecule has 1 nitrogen and oxygen atoms in total. The summed E-state index contributed by atoms with van der Waals surface area (Å²) in [7, 11) is 0. The van der Waals surface area contributed by atoms with Gasteiger partial charge in [-0.15, -0.1) is 0 Å². The summed E-state index contributed by atoms with van der Waals surface area (Å²) in [5.74, 6) is 0.0116. The van der Waals surface area contributed by atoms with Crippen LogP contribution in [0, 0.1) is 11.3 Å². The number of allylic oxidation sites excluding steroid dienone is 2. The van der Waals surface area contributed by atoms with Gasteiger partial charge in [-0.25, -0.2) is 0 Å². The van der Waals surface area contributed by atoms with Crippen molar-refractivity contribution in [2.24, 2.45) is 11.3 Å². The highest BCUT2D eigenvalue weighted by molar-refractivity contribution is 5.65. The fourth-order valence-corrected chi connectivity index (χ4v) is 1.58. The quantitative estimate of drug-likeness (QED) is 0.524. The number of aldehydes is 1. The molecule has 0 radical (unpaired) electrons. The summed E-state index contributed by atoms with van der Waals surface area (Å²) in [6.07, 6.45) is 1.84. The predicted octanol–water partition coefficient (Wildman–Crippen LogP) is 2.34. The first-order chi connectivity index (χ1) is 4.99. The Morgan fingerprint density at radius 2 is 2.09 bits per heavy atom. The predicted molar refractivity (Wildman–Crippen MR) is 46.2 cm³/mol. The molecule has 0 amide bonds. The summed E-state index contributed by atoms with van der Waals surface area (Å²) in [6.45, 7) is 12.0. The maximum atomic E-state index is 10.5. The third-order valence-electron chi connectivity index (χ3n) is 2.55. The van der Waals surface area contributed by atoms with Gasteiger partial charge in [0, 0.05) is 5.92 Å².